The topological polar surface area (TPSA) is 117 Å². The molecular weight excluding hydrogens is 444 g/mol. The number of aliphatic hydroxyl groups is 1. The Hall–Kier alpha value is -3.27. The molecule has 0 fully saturated rings. The Morgan fingerprint density at radius 2 is 1.55 bits per heavy atom. The third-order valence-electron chi connectivity index (χ3n) is 4.86. The number of hydrogen-bond acceptors (Lipinski definition) is 7. The Morgan fingerprint density at radius 1 is 0.939 bits per heavy atom. The summed E-state index contributed by atoms with van der Waals surface area (Å²) in [6.45, 7) is 1.15. The highest BCUT2D eigenvalue weighted by Crippen LogP contribution is 2.28. The third-order valence-corrected chi connectivity index (χ3v) is 5.45. The first-order valence-corrected chi connectivity index (χ1v) is 12.2. The normalized spacial score (nSPS) is 12.2. The van der Waals surface area contributed by atoms with Crippen molar-refractivity contribution in [3.8, 4) is 28.4 Å². The molecule has 0 aliphatic carbocycles. The van der Waals surface area contributed by atoms with Crippen molar-refractivity contribution in [1.29, 1.82) is 0 Å². The van der Waals surface area contributed by atoms with Crippen molar-refractivity contribution in [2.45, 2.75) is 6.10 Å². The van der Waals surface area contributed by atoms with Gasteiger partial charge in [0.2, 0.25) is 10.0 Å². The lowest BCUT2D eigenvalue weighted by atomic mass is 10.1. The third kappa shape index (κ3) is 7.38. The molecule has 1 atom stereocenters. The van der Waals surface area contributed by atoms with Gasteiger partial charge in [-0.2, -0.15) is 0 Å². The molecular formula is C24H28N2O6S. The van der Waals surface area contributed by atoms with Crippen molar-refractivity contribution >= 4 is 15.7 Å². The predicted molar refractivity (Wildman–Crippen MR) is 128 cm³/mol. The van der Waals surface area contributed by atoms with Crippen molar-refractivity contribution in [2.75, 3.05) is 37.8 Å². The summed E-state index contributed by atoms with van der Waals surface area (Å²) >= 11 is 0. The van der Waals surface area contributed by atoms with Crippen LogP contribution in [0.1, 0.15) is 11.7 Å². The second-order valence-corrected chi connectivity index (χ2v) is 9.22. The predicted octanol–water partition coefficient (Wildman–Crippen LogP) is 3.14. The number of ether oxygens (including phenoxy) is 2. The minimum absolute atomic E-state index is 0.0236. The van der Waals surface area contributed by atoms with Crippen molar-refractivity contribution < 1.29 is 28.1 Å². The summed E-state index contributed by atoms with van der Waals surface area (Å²) in [5.41, 5.74) is 2.66. The van der Waals surface area contributed by atoms with Crippen molar-refractivity contribution in [2.24, 2.45) is 0 Å². The fraction of sp³-hybridized carbons (Fsp3) is 0.250. The molecule has 8 nitrogen and oxygen atoms in total. The molecule has 33 heavy (non-hydrogen) atoms. The lowest BCUT2D eigenvalue weighted by Gasteiger charge is -2.15. The first kappa shape index (κ1) is 24.4. The Kier molecular flexibility index (Phi) is 8.16. The fourth-order valence-electron chi connectivity index (χ4n) is 3.17. The first-order valence-electron chi connectivity index (χ1n) is 10.3. The Bertz CT molecular complexity index is 1150. The summed E-state index contributed by atoms with van der Waals surface area (Å²) < 4.78 is 35.9. The fourth-order valence-corrected chi connectivity index (χ4v) is 3.73. The second kappa shape index (κ2) is 11.0. The maximum atomic E-state index is 11.4. The molecule has 0 heterocycles. The number of nitrogens with one attached hydrogen (secondary N) is 2. The van der Waals surface area contributed by atoms with Gasteiger partial charge in [0.1, 0.15) is 23.9 Å². The van der Waals surface area contributed by atoms with E-state index in [9.17, 15) is 18.6 Å². The summed E-state index contributed by atoms with van der Waals surface area (Å²) in [5, 5.41) is 23.2. The lowest BCUT2D eigenvalue weighted by Crippen LogP contribution is -2.26. The van der Waals surface area contributed by atoms with E-state index in [4.69, 9.17) is 9.47 Å². The van der Waals surface area contributed by atoms with Crippen LogP contribution in [-0.2, 0) is 10.0 Å². The van der Waals surface area contributed by atoms with Crippen molar-refractivity contribution in [1.82, 2.24) is 5.32 Å². The van der Waals surface area contributed by atoms with Crippen LogP contribution in [0, 0.1) is 0 Å². The summed E-state index contributed by atoms with van der Waals surface area (Å²) in [5.74, 6) is 1.34. The molecule has 0 radical (unpaired) electrons. The van der Waals surface area contributed by atoms with Gasteiger partial charge in [-0.25, -0.2) is 8.42 Å². The van der Waals surface area contributed by atoms with E-state index in [-0.39, 0.29) is 18.0 Å². The monoisotopic (exact) mass is 472 g/mol. The highest BCUT2D eigenvalue weighted by atomic mass is 32.2. The van der Waals surface area contributed by atoms with Crippen LogP contribution >= 0.6 is 0 Å². The summed E-state index contributed by atoms with van der Waals surface area (Å²) in [6, 6.07) is 19.9. The Morgan fingerprint density at radius 3 is 2.12 bits per heavy atom. The van der Waals surface area contributed by atoms with Crippen LogP contribution in [0.3, 0.4) is 0 Å². The number of phenolic OH excluding ortho intramolecular Hbond substituents is 1. The number of phenols is 1. The highest BCUT2D eigenvalue weighted by molar-refractivity contribution is 7.92. The quantitative estimate of drug-likeness (QED) is 0.250. The van der Waals surface area contributed by atoms with Crippen LogP contribution in [0.15, 0.2) is 66.7 Å². The van der Waals surface area contributed by atoms with Gasteiger partial charge in [0.05, 0.1) is 25.2 Å². The van der Waals surface area contributed by atoms with E-state index < -0.39 is 16.1 Å². The molecule has 0 aliphatic rings. The highest BCUT2D eigenvalue weighted by Gasteiger charge is 2.12. The molecule has 0 aliphatic heterocycles. The summed E-state index contributed by atoms with van der Waals surface area (Å²) in [4.78, 5) is 0. The minimum atomic E-state index is -3.54. The molecule has 176 valence electrons. The largest absolute Gasteiger partial charge is 0.506 e. The number of aliphatic hydroxyl groups excluding tert-OH is 1. The van der Waals surface area contributed by atoms with E-state index in [0.717, 1.165) is 28.9 Å². The Balaban J connectivity index is 1.44. The second-order valence-electron chi connectivity index (χ2n) is 7.47. The zero-order valence-electron chi connectivity index (χ0n) is 18.5. The molecule has 0 aromatic heterocycles. The van der Waals surface area contributed by atoms with Crippen molar-refractivity contribution in [3.05, 3.63) is 72.3 Å². The van der Waals surface area contributed by atoms with Crippen LogP contribution in [0.5, 0.6) is 17.2 Å². The standard InChI is InChI=1S/C24H28N2O6S/c1-31-20-8-3-17(4-9-20)18-5-10-21(11-6-18)32-14-13-25-16-24(28)19-7-12-23(27)22(15-19)26-33(2,29)30/h3-12,15,24-28H,13-14,16H2,1-2H3. The molecule has 3 rings (SSSR count). The van der Waals surface area contributed by atoms with Gasteiger partial charge >= 0.3 is 0 Å². The summed E-state index contributed by atoms with van der Waals surface area (Å²) in [6.07, 6.45) is 0.110. The number of aromatic hydroxyl groups is 1. The van der Waals surface area contributed by atoms with Gasteiger partial charge in [0, 0.05) is 13.1 Å². The average Bonchev–Trinajstić information content (AvgIpc) is 2.80. The smallest absolute Gasteiger partial charge is 0.229 e. The molecule has 0 saturated heterocycles. The zero-order valence-corrected chi connectivity index (χ0v) is 19.3. The number of sulfonamides is 1. The van der Waals surface area contributed by atoms with Crippen LogP contribution in [-0.4, -0.2) is 51.7 Å². The van der Waals surface area contributed by atoms with Gasteiger partial charge in [0.15, 0.2) is 0 Å². The lowest BCUT2D eigenvalue weighted by molar-refractivity contribution is 0.172. The number of anilines is 1. The molecule has 9 heteroatoms. The molecule has 3 aromatic rings. The number of methoxy groups -OCH3 is 1. The molecule has 3 aromatic carbocycles. The molecule has 0 amide bonds. The van der Waals surface area contributed by atoms with Crippen LogP contribution in [0.2, 0.25) is 0 Å². The SMILES string of the molecule is COc1ccc(-c2ccc(OCCNCC(O)c3ccc(O)c(NS(C)(=O)=O)c3)cc2)cc1. The van der Waals surface area contributed by atoms with Crippen LogP contribution < -0.4 is 19.5 Å². The zero-order chi connectivity index (χ0) is 23.8. The Labute approximate surface area is 193 Å². The average molecular weight is 473 g/mol. The van der Waals surface area contributed by atoms with Gasteiger partial charge in [-0.15, -0.1) is 0 Å². The van der Waals surface area contributed by atoms with E-state index >= 15 is 0 Å². The number of hydrogen-bond donors (Lipinski definition) is 4. The molecule has 0 spiro atoms. The van der Waals surface area contributed by atoms with Crippen LogP contribution in [0.25, 0.3) is 11.1 Å². The maximum absolute atomic E-state index is 11.4. The van der Waals surface area contributed by atoms with Gasteiger partial charge in [-0.3, -0.25) is 4.72 Å². The molecule has 1 unspecified atom stereocenters. The van der Waals surface area contributed by atoms with Gasteiger partial charge in [-0.05, 0) is 53.1 Å². The van der Waals surface area contributed by atoms with E-state index in [0.29, 0.717) is 18.7 Å². The van der Waals surface area contributed by atoms with E-state index in [1.807, 2.05) is 48.5 Å². The maximum Gasteiger partial charge on any atom is 0.229 e. The van der Waals surface area contributed by atoms with E-state index in [1.165, 1.54) is 18.2 Å². The van der Waals surface area contributed by atoms with Crippen LogP contribution in [0.4, 0.5) is 5.69 Å². The molecule has 0 saturated carbocycles. The minimum Gasteiger partial charge on any atom is -0.506 e. The summed E-state index contributed by atoms with van der Waals surface area (Å²) in [7, 11) is -1.90. The first-order chi connectivity index (χ1) is 15.7. The number of benzene rings is 3. The molecule has 0 bridgehead atoms. The van der Waals surface area contributed by atoms with E-state index in [2.05, 4.69) is 10.0 Å². The number of rotatable bonds is 11. The van der Waals surface area contributed by atoms with E-state index in [1.54, 1.807) is 7.11 Å². The molecule has 4 N–H and O–H groups in total. The van der Waals surface area contributed by atoms with Crippen molar-refractivity contribution in [3.63, 3.8) is 0 Å². The van der Waals surface area contributed by atoms with Gasteiger partial charge in [0.25, 0.3) is 0 Å². The van der Waals surface area contributed by atoms with Gasteiger partial charge in [-0.1, -0.05) is 30.3 Å². The van der Waals surface area contributed by atoms with Gasteiger partial charge < -0.3 is 25.0 Å².